The van der Waals surface area contributed by atoms with Crippen molar-refractivity contribution in [2.24, 2.45) is 0 Å². The van der Waals surface area contributed by atoms with Crippen LogP contribution in [0.2, 0.25) is 0 Å². The molecule has 2 heterocycles. The van der Waals surface area contributed by atoms with Crippen LogP contribution in [-0.4, -0.2) is 0 Å². The third-order valence-corrected chi connectivity index (χ3v) is 12.8. The van der Waals surface area contributed by atoms with Crippen molar-refractivity contribution in [2.45, 2.75) is 0 Å². The van der Waals surface area contributed by atoms with Crippen LogP contribution >= 0.6 is 11.3 Å². The van der Waals surface area contributed by atoms with E-state index in [1.165, 1.54) is 74.7 Å². The molecule has 266 valence electrons. The van der Waals surface area contributed by atoms with Crippen molar-refractivity contribution < 1.29 is 4.42 Å². The average Bonchev–Trinajstić information content (AvgIpc) is 3.86. The SMILES string of the molecule is c1ccc2c(-c3c(N(c4ccc(-c5cccc6sc7ccccc7c56)cc4)c4cccc5c4oc4ccccc45)c4ccccc4c4ccccc34)cccc2c1. The lowest BCUT2D eigenvalue weighted by molar-refractivity contribution is 0.669. The quantitative estimate of drug-likeness (QED) is 0.163. The van der Waals surface area contributed by atoms with Crippen LogP contribution in [0.15, 0.2) is 205 Å². The van der Waals surface area contributed by atoms with E-state index in [0.717, 1.165) is 39.0 Å². The normalized spacial score (nSPS) is 11.9. The Hall–Kier alpha value is -7.20. The van der Waals surface area contributed by atoms with Crippen molar-refractivity contribution in [1.29, 1.82) is 0 Å². The highest BCUT2D eigenvalue weighted by atomic mass is 32.1. The van der Waals surface area contributed by atoms with Crippen molar-refractivity contribution in [3.05, 3.63) is 200 Å². The summed E-state index contributed by atoms with van der Waals surface area (Å²) in [6.45, 7) is 0. The van der Waals surface area contributed by atoms with Gasteiger partial charge in [0.05, 0.1) is 11.4 Å². The number of fused-ring (bicyclic) bond motifs is 10. The molecule has 57 heavy (non-hydrogen) atoms. The summed E-state index contributed by atoms with van der Waals surface area (Å²) in [6.07, 6.45) is 0. The number of nitrogens with zero attached hydrogens (tertiary/aromatic N) is 1. The van der Waals surface area contributed by atoms with E-state index in [1.807, 2.05) is 17.4 Å². The van der Waals surface area contributed by atoms with E-state index in [-0.39, 0.29) is 0 Å². The van der Waals surface area contributed by atoms with Gasteiger partial charge in [0.1, 0.15) is 5.58 Å². The van der Waals surface area contributed by atoms with Gasteiger partial charge in [-0.05, 0) is 80.0 Å². The van der Waals surface area contributed by atoms with E-state index in [0.29, 0.717) is 0 Å². The maximum atomic E-state index is 6.86. The minimum atomic E-state index is 0.860. The van der Waals surface area contributed by atoms with E-state index in [9.17, 15) is 0 Å². The molecule has 0 radical (unpaired) electrons. The summed E-state index contributed by atoms with van der Waals surface area (Å²) in [4.78, 5) is 2.46. The molecule has 0 bridgehead atoms. The molecule has 12 aromatic rings. The standard InChI is InChI=1S/C54H33NOS/c1-2-16-37-34(14-1)15-11-24-42(37)52-43-20-5-3-17-39(43)40-18-4-6-21-44(40)53(52)55(47-26-12-25-45-41-19-7-9-27-48(41)56-54(45)47)36-32-30-35(31-33-36)38-23-13-29-50-51(38)46-22-8-10-28-49(46)57-50/h1-33H. The van der Waals surface area contributed by atoms with Crippen molar-refractivity contribution in [2.75, 3.05) is 4.90 Å². The smallest absolute Gasteiger partial charge is 0.159 e. The first kappa shape index (κ1) is 32.1. The summed E-state index contributed by atoms with van der Waals surface area (Å²) < 4.78 is 9.47. The fourth-order valence-corrected chi connectivity index (χ4v) is 10.3. The van der Waals surface area contributed by atoms with Crippen LogP contribution in [-0.2, 0) is 0 Å². The highest BCUT2D eigenvalue weighted by molar-refractivity contribution is 7.25. The Kier molecular flexibility index (Phi) is 7.13. The highest BCUT2D eigenvalue weighted by Gasteiger charge is 2.27. The Bertz CT molecular complexity index is 3530. The topological polar surface area (TPSA) is 16.4 Å². The second kappa shape index (κ2) is 12.7. The maximum Gasteiger partial charge on any atom is 0.159 e. The fraction of sp³-hybridized carbons (Fsp3) is 0. The fourth-order valence-electron chi connectivity index (χ4n) is 9.17. The average molecular weight is 744 g/mol. The summed E-state index contributed by atoms with van der Waals surface area (Å²) in [5, 5.41) is 12.1. The van der Waals surface area contributed by atoms with Crippen LogP contribution in [0.25, 0.3) is 96.7 Å². The Morgan fingerprint density at radius 1 is 0.386 bits per heavy atom. The predicted octanol–water partition coefficient (Wildman–Crippen LogP) is 16.2. The van der Waals surface area contributed by atoms with Gasteiger partial charge in [0.2, 0.25) is 0 Å². The van der Waals surface area contributed by atoms with Crippen molar-refractivity contribution in [1.82, 2.24) is 0 Å². The molecule has 0 spiro atoms. The minimum absolute atomic E-state index is 0.860. The molecule has 0 aliphatic rings. The number of hydrogen-bond acceptors (Lipinski definition) is 3. The maximum absolute atomic E-state index is 6.86. The number of para-hydroxylation sites is 2. The number of furan rings is 1. The largest absolute Gasteiger partial charge is 0.454 e. The molecule has 0 N–H and O–H groups in total. The van der Waals surface area contributed by atoms with Gasteiger partial charge in [0.15, 0.2) is 5.58 Å². The van der Waals surface area contributed by atoms with Gasteiger partial charge in [0, 0.05) is 47.6 Å². The Morgan fingerprint density at radius 3 is 1.81 bits per heavy atom. The van der Waals surface area contributed by atoms with Crippen LogP contribution in [0.4, 0.5) is 17.1 Å². The summed E-state index contributed by atoms with van der Waals surface area (Å²) in [5.74, 6) is 0. The Balaban J connectivity index is 1.20. The molecule has 0 aliphatic carbocycles. The van der Waals surface area contributed by atoms with Gasteiger partial charge in [-0.15, -0.1) is 11.3 Å². The molecule has 0 saturated carbocycles. The zero-order valence-corrected chi connectivity index (χ0v) is 31.6. The predicted molar refractivity (Wildman–Crippen MR) is 245 cm³/mol. The van der Waals surface area contributed by atoms with E-state index in [1.54, 1.807) is 0 Å². The Morgan fingerprint density at radius 2 is 0.965 bits per heavy atom. The molecule has 0 unspecified atom stereocenters. The van der Waals surface area contributed by atoms with Gasteiger partial charge in [-0.25, -0.2) is 0 Å². The molecule has 2 nitrogen and oxygen atoms in total. The second-order valence-corrected chi connectivity index (χ2v) is 15.8. The van der Waals surface area contributed by atoms with Gasteiger partial charge in [-0.1, -0.05) is 164 Å². The molecule has 2 aromatic heterocycles. The highest BCUT2D eigenvalue weighted by Crippen LogP contribution is 2.52. The minimum Gasteiger partial charge on any atom is -0.454 e. The molecule has 0 amide bonds. The number of benzene rings is 10. The van der Waals surface area contributed by atoms with Crippen LogP contribution in [0, 0.1) is 0 Å². The molecule has 0 aliphatic heterocycles. The van der Waals surface area contributed by atoms with Crippen molar-refractivity contribution in [3.8, 4) is 22.3 Å². The van der Waals surface area contributed by atoms with Gasteiger partial charge in [-0.2, -0.15) is 0 Å². The Labute approximate surface area is 333 Å². The van der Waals surface area contributed by atoms with Gasteiger partial charge in [0.25, 0.3) is 0 Å². The molecule has 3 heteroatoms. The van der Waals surface area contributed by atoms with E-state index in [2.05, 4.69) is 199 Å². The van der Waals surface area contributed by atoms with E-state index in [4.69, 9.17) is 4.42 Å². The molecule has 0 atom stereocenters. The molecule has 0 fully saturated rings. The molecule has 10 aromatic carbocycles. The third-order valence-electron chi connectivity index (χ3n) is 11.7. The summed E-state index contributed by atoms with van der Waals surface area (Å²) in [6, 6.07) is 72.8. The zero-order chi connectivity index (χ0) is 37.5. The van der Waals surface area contributed by atoms with Crippen LogP contribution in [0.1, 0.15) is 0 Å². The zero-order valence-electron chi connectivity index (χ0n) is 30.8. The van der Waals surface area contributed by atoms with Crippen LogP contribution in [0.5, 0.6) is 0 Å². The molecular formula is C54H33NOS. The van der Waals surface area contributed by atoms with Crippen molar-refractivity contribution >= 4 is 103 Å². The van der Waals surface area contributed by atoms with Crippen molar-refractivity contribution in [3.63, 3.8) is 0 Å². The van der Waals surface area contributed by atoms with Gasteiger partial charge < -0.3 is 9.32 Å². The monoisotopic (exact) mass is 743 g/mol. The van der Waals surface area contributed by atoms with E-state index >= 15 is 0 Å². The van der Waals surface area contributed by atoms with Gasteiger partial charge in [-0.3, -0.25) is 0 Å². The summed E-state index contributed by atoms with van der Waals surface area (Å²) in [5.41, 5.74) is 9.71. The lowest BCUT2D eigenvalue weighted by Gasteiger charge is -2.31. The lowest BCUT2D eigenvalue weighted by Crippen LogP contribution is -2.13. The lowest BCUT2D eigenvalue weighted by atomic mass is 9.88. The molecular weight excluding hydrogens is 711 g/mol. The van der Waals surface area contributed by atoms with Gasteiger partial charge >= 0.3 is 0 Å². The molecule has 0 saturated heterocycles. The summed E-state index contributed by atoms with van der Waals surface area (Å²) in [7, 11) is 0. The van der Waals surface area contributed by atoms with Crippen LogP contribution < -0.4 is 4.90 Å². The first-order chi connectivity index (χ1) is 28.3. The number of rotatable bonds is 5. The first-order valence-electron chi connectivity index (χ1n) is 19.4. The van der Waals surface area contributed by atoms with Crippen LogP contribution in [0.3, 0.4) is 0 Å². The van der Waals surface area contributed by atoms with E-state index < -0.39 is 0 Å². The summed E-state index contributed by atoms with van der Waals surface area (Å²) >= 11 is 1.86. The first-order valence-corrected chi connectivity index (χ1v) is 20.2. The second-order valence-electron chi connectivity index (χ2n) is 14.8. The third kappa shape index (κ3) is 4.89. The number of anilines is 3. The number of thiophene rings is 1. The molecule has 12 rings (SSSR count). The number of hydrogen-bond donors (Lipinski definition) is 0.